The zero-order valence-electron chi connectivity index (χ0n) is 37.9. The lowest BCUT2D eigenvalue weighted by molar-refractivity contribution is -0.148. The molecule has 15 nitrogen and oxygen atoms in total. The molecule has 2 rings (SSSR count). The number of carbonyl (C=O) groups excluding carboxylic acids is 5. The monoisotopic (exact) mass is 832 g/mol. The Kier molecular flexibility index (Phi) is 19.8. The van der Waals surface area contributed by atoms with Gasteiger partial charge in [-0.25, -0.2) is 9.59 Å². The molecular formula is C44H73N5O10. The van der Waals surface area contributed by atoms with Crippen LogP contribution in [0, 0.1) is 23.7 Å². The SMILES string of the molecule is CC[C@@H](C)[C@@H]([C@@H](CC(=O)N1CCC[C@@H]1[C@H](OC)[C@H](C)C(=O)N[C@H](Cc1ccccc1)C(=O)O)OC)N(C)C(=O)[C@H](NC(=O)[C@@H](C(C)C)N(C)C(=O)OC(C)(C)C)C(C)C. The van der Waals surface area contributed by atoms with Crippen LogP contribution in [0.15, 0.2) is 30.3 Å². The van der Waals surface area contributed by atoms with Crippen molar-refractivity contribution in [2.24, 2.45) is 23.7 Å². The molecule has 334 valence electrons. The normalized spacial score (nSPS) is 18.5. The molecule has 0 radical (unpaired) electrons. The predicted octanol–water partition coefficient (Wildman–Crippen LogP) is 4.75. The zero-order valence-corrected chi connectivity index (χ0v) is 37.9. The number of carboxylic acids is 1. The van der Waals surface area contributed by atoms with E-state index in [0.717, 1.165) is 5.56 Å². The van der Waals surface area contributed by atoms with E-state index in [9.17, 15) is 33.9 Å². The van der Waals surface area contributed by atoms with Crippen LogP contribution < -0.4 is 10.6 Å². The largest absolute Gasteiger partial charge is 0.480 e. The van der Waals surface area contributed by atoms with Crippen molar-refractivity contribution >= 4 is 35.7 Å². The number of likely N-dealkylation sites (N-methyl/N-ethyl adjacent to an activating group) is 2. The summed E-state index contributed by atoms with van der Waals surface area (Å²) in [5.41, 5.74) is 0.00542. The number of hydrogen-bond donors (Lipinski definition) is 3. The predicted molar refractivity (Wildman–Crippen MR) is 225 cm³/mol. The molecule has 3 N–H and O–H groups in total. The van der Waals surface area contributed by atoms with Gasteiger partial charge in [0, 0.05) is 41.3 Å². The molecule has 1 heterocycles. The van der Waals surface area contributed by atoms with Crippen LogP contribution in [0.1, 0.15) is 100 Å². The van der Waals surface area contributed by atoms with Crippen LogP contribution in [0.3, 0.4) is 0 Å². The lowest BCUT2D eigenvalue weighted by atomic mass is 9.89. The van der Waals surface area contributed by atoms with Crippen molar-refractivity contribution in [1.82, 2.24) is 25.3 Å². The van der Waals surface area contributed by atoms with Gasteiger partial charge in [0.25, 0.3) is 0 Å². The number of likely N-dealkylation sites (tertiary alicyclic amines) is 1. The summed E-state index contributed by atoms with van der Waals surface area (Å²) in [5, 5.41) is 15.5. The first-order valence-corrected chi connectivity index (χ1v) is 21.0. The number of nitrogens with one attached hydrogen (secondary N) is 2. The van der Waals surface area contributed by atoms with Crippen LogP contribution in [0.2, 0.25) is 0 Å². The first-order chi connectivity index (χ1) is 27.5. The third-order valence-corrected chi connectivity index (χ3v) is 11.4. The number of amides is 5. The van der Waals surface area contributed by atoms with E-state index in [1.807, 2.05) is 59.7 Å². The summed E-state index contributed by atoms with van der Waals surface area (Å²) >= 11 is 0. The van der Waals surface area contributed by atoms with Gasteiger partial charge in [0.15, 0.2) is 0 Å². The van der Waals surface area contributed by atoms with Gasteiger partial charge in [0.1, 0.15) is 23.7 Å². The number of ether oxygens (including phenoxy) is 3. The minimum Gasteiger partial charge on any atom is -0.480 e. The third-order valence-electron chi connectivity index (χ3n) is 11.4. The molecule has 1 saturated heterocycles. The second kappa shape index (κ2) is 22.9. The van der Waals surface area contributed by atoms with Crippen LogP contribution in [-0.4, -0.2) is 138 Å². The van der Waals surface area contributed by atoms with Crippen LogP contribution in [0.4, 0.5) is 4.79 Å². The Morgan fingerprint density at radius 3 is 1.98 bits per heavy atom. The van der Waals surface area contributed by atoms with Crippen molar-refractivity contribution in [1.29, 1.82) is 0 Å². The van der Waals surface area contributed by atoms with E-state index in [4.69, 9.17) is 14.2 Å². The highest BCUT2D eigenvalue weighted by molar-refractivity contribution is 5.92. The molecule has 1 fully saturated rings. The van der Waals surface area contributed by atoms with Crippen LogP contribution in [0.5, 0.6) is 0 Å². The Morgan fingerprint density at radius 1 is 0.881 bits per heavy atom. The topological polar surface area (TPSA) is 184 Å². The van der Waals surface area contributed by atoms with Gasteiger partial charge in [0.2, 0.25) is 23.6 Å². The van der Waals surface area contributed by atoms with E-state index < -0.39 is 77.8 Å². The lowest BCUT2D eigenvalue weighted by Crippen LogP contribution is -2.60. The molecule has 0 saturated carbocycles. The molecule has 59 heavy (non-hydrogen) atoms. The summed E-state index contributed by atoms with van der Waals surface area (Å²) in [6, 6.07) is 5.02. The van der Waals surface area contributed by atoms with E-state index >= 15 is 0 Å². The molecule has 1 aromatic carbocycles. The molecule has 15 heteroatoms. The molecule has 0 spiro atoms. The number of rotatable bonds is 21. The Balaban J connectivity index is 2.30. The second-order valence-electron chi connectivity index (χ2n) is 17.7. The number of methoxy groups -OCH3 is 2. The average molecular weight is 832 g/mol. The maximum Gasteiger partial charge on any atom is 0.410 e. The van der Waals surface area contributed by atoms with Crippen LogP contribution >= 0.6 is 0 Å². The van der Waals surface area contributed by atoms with Gasteiger partial charge in [-0.1, -0.05) is 85.2 Å². The summed E-state index contributed by atoms with van der Waals surface area (Å²) < 4.78 is 17.4. The van der Waals surface area contributed by atoms with E-state index in [1.54, 1.807) is 56.7 Å². The highest BCUT2D eigenvalue weighted by atomic mass is 16.6. The first-order valence-electron chi connectivity index (χ1n) is 21.0. The minimum atomic E-state index is -1.15. The summed E-state index contributed by atoms with van der Waals surface area (Å²) in [6.07, 6.45) is -0.132. The smallest absolute Gasteiger partial charge is 0.410 e. The van der Waals surface area contributed by atoms with Crippen LogP contribution in [-0.2, 0) is 44.6 Å². The standard InChI is InChI=1S/C44H73N5O10/c1-15-28(6)37(47(11)41(53)35(26(2)3)46-40(52)36(27(4)5)48(12)43(56)59-44(8,9)10)33(57-13)25-34(50)49-23-19-22-32(49)38(58-14)29(7)39(51)45-31(42(54)55)24-30-20-17-16-18-21-30/h16-18,20-21,26-29,31-33,35-38H,15,19,22-25H2,1-14H3,(H,45,51)(H,46,52)(H,54,55)/t28-,29+,31-,32-,33-,35-,36-,37+,38-/m1/s1. The molecule has 0 aliphatic carbocycles. The fourth-order valence-electron chi connectivity index (χ4n) is 8.00. The molecule has 1 aromatic rings. The van der Waals surface area contributed by atoms with E-state index in [0.29, 0.717) is 25.8 Å². The minimum absolute atomic E-state index is 0.0659. The van der Waals surface area contributed by atoms with E-state index in [2.05, 4.69) is 10.6 Å². The Hall–Kier alpha value is -4.24. The molecule has 0 aromatic heterocycles. The number of carbonyl (C=O) groups is 6. The summed E-state index contributed by atoms with van der Waals surface area (Å²) in [7, 11) is 6.15. The van der Waals surface area contributed by atoms with E-state index in [-0.39, 0.29) is 42.4 Å². The average Bonchev–Trinajstić information content (AvgIpc) is 3.65. The van der Waals surface area contributed by atoms with Crippen LogP contribution in [0.25, 0.3) is 0 Å². The molecule has 1 aliphatic rings. The highest BCUT2D eigenvalue weighted by Gasteiger charge is 2.44. The quantitative estimate of drug-likeness (QED) is 0.156. The van der Waals surface area contributed by atoms with Gasteiger partial charge >= 0.3 is 12.1 Å². The molecule has 5 amide bonds. The first kappa shape index (κ1) is 50.9. The van der Waals surface area contributed by atoms with Crippen molar-refractivity contribution in [3.63, 3.8) is 0 Å². The maximum atomic E-state index is 14.4. The van der Waals surface area contributed by atoms with Gasteiger partial charge in [-0.15, -0.1) is 0 Å². The van der Waals surface area contributed by atoms with Gasteiger partial charge < -0.3 is 39.8 Å². The molecule has 9 atom stereocenters. The van der Waals surface area contributed by atoms with Crippen molar-refractivity contribution in [3.05, 3.63) is 35.9 Å². The maximum absolute atomic E-state index is 14.4. The number of hydrogen-bond acceptors (Lipinski definition) is 9. The lowest BCUT2D eigenvalue weighted by Gasteiger charge is -2.41. The van der Waals surface area contributed by atoms with Crippen molar-refractivity contribution < 1.29 is 48.1 Å². The summed E-state index contributed by atoms with van der Waals surface area (Å²) in [6.45, 7) is 18.6. The zero-order chi connectivity index (χ0) is 44.9. The summed E-state index contributed by atoms with van der Waals surface area (Å²) in [4.78, 5) is 85.7. The van der Waals surface area contributed by atoms with E-state index in [1.165, 1.54) is 26.2 Å². The van der Waals surface area contributed by atoms with Crippen molar-refractivity contribution in [3.8, 4) is 0 Å². The number of carboxylic acid groups (broad SMARTS) is 1. The molecule has 1 aliphatic heterocycles. The van der Waals surface area contributed by atoms with Crippen molar-refractivity contribution in [2.45, 2.75) is 149 Å². The number of nitrogens with zero attached hydrogens (tertiary/aromatic N) is 3. The molecular weight excluding hydrogens is 759 g/mol. The highest BCUT2D eigenvalue weighted by Crippen LogP contribution is 2.30. The van der Waals surface area contributed by atoms with Gasteiger partial charge in [-0.3, -0.25) is 24.1 Å². The van der Waals surface area contributed by atoms with Gasteiger partial charge in [-0.2, -0.15) is 0 Å². The Bertz CT molecular complexity index is 1550. The summed E-state index contributed by atoms with van der Waals surface area (Å²) in [5.74, 6) is -4.24. The Labute approximate surface area is 352 Å². The molecule has 0 unspecified atom stereocenters. The Morgan fingerprint density at radius 2 is 1.49 bits per heavy atom. The third kappa shape index (κ3) is 14.2. The fourth-order valence-corrected chi connectivity index (χ4v) is 8.00. The molecule has 0 bridgehead atoms. The number of benzene rings is 1. The van der Waals surface area contributed by atoms with Gasteiger partial charge in [0.05, 0.1) is 36.6 Å². The van der Waals surface area contributed by atoms with Crippen molar-refractivity contribution in [2.75, 3.05) is 34.9 Å². The van der Waals surface area contributed by atoms with Gasteiger partial charge in [-0.05, 0) is 56.9 Å². The number of aliphatic carboxylic acids is 1. The second-order valence-corrected chi connectivity index (χ2v) is 17.7. The fraction of sp³-hybridized carbons (Fsp3) is 0.727.